The lowest BCUT2D eigenvalue weighted by Gasteiger charge is -2.25. The van der Waals surface area contributed by atoms with Gasteiger partial charge in [-0.25, -0.2) is 4.98 Å². The van der Waals surface area contributed by atoms with Crippen molar-refractivity contribution >= 4 is 17.2 Å². The summed E-state index contributed by atoms with van der Waals surface area (Å²) in [5, 5.41) is 5.89. The van der Waals surface area contributed by atoms with E-state index in [0.717, 1.165) is 49.3 Å². The van der Waals surface area contributed by atoms with Gasteiger partial charge in [0.25, 0.3) is 0 Å². The second-order valence-electron chi connectivity index (χ2n) is 5.81. The molecule has 3 rings (SSSR count). The molecule has 1 aliphatic rings. The summed E-state index contributed by atoms with van der Waals surface area (Å²) in [6.45, 7) is 5.17. The molecule has 2 aromatic rings. The molecule has 0 aliphatic carbocycles. The maximum absolute atomic E-state index is 11.9. The Hall–Kier alpha value is -1.96. The van der Waals surface area contributed by atoms with E-state index in [-0.39, 0.29) is 5.91 Å². The highest BCUT2D eigenvalue weighted by Crippen LogP contribution is 2.13. The zero-order valence-corrected chi connectivity index (χ0v) is 15.0. The van der Waals surface area contributed by atoms with Crippen molar-refractivity contribution in [3.63, 3.8) is 0 Å². The molecule has 7 heteroatoms. The molecule has 2 heterocycles. The number of nitrogens with zero attached hydrogens (tertiary/aromatic N) is 2. The zero-order valence-electron chi connectivity index (χ0n) is 14.1. The third-order valence-electron chi connectivity index (χ3n) is 3.87. The van der Waals surface area contributed by atoms with Crippen LogP contribution in [0.1, 0.15) is 17.1 Å². The molecule has 1 fully saturated rings. The molecule has 25 heavy (non-hydrogen) atoms. The molecule has 0 atom stereocenters. The SMILES string of the molecule is O=C(CCOc1ccccc1)NCc1nc(CN2CCOCC2)cs1. The topological polar surface area (TPSA) is 63.7 Å². The number of aromatic nitrogens is 1. The second kappa shape index (κ2) is 9.50. The lowest BCUT2D eigenvalue weighted by molar-refractivity contribution is -0.121. The minimum atomic E-state index is -0.0270. The van der Waals surface area contributed by atoms with Crippen molar-refractivity contribution < 1.29 is 14.3 Å². The van der Waals surface area contributed by atoms with Crippen molar-refractivity contribution in [2.75, 3.05) is 32.9 Å². The van der Waals surface area contributed by atoms with Crippen molar-refractivity contribution in [2.45, 2.75) is 19.5 Å². The van der Waals surface area contributed by atoms with E-state index in [0.29, 0.717) is 19.6 Å². The number of hydrogen-bond acceptors (Lipinski definition) is 6. The van der Waals surface area contributed by atoms with Crippen molar-refractivity contribution in [1.29, 1.82) is 0 Å². The highest BCUT2D eigenvalue weighted by Gasteiger charge is 2.13. The van der Waals surface area contributed by atoms with Crippen LogP contribution in [0.4, 0.5) is 0 Å². The highest BCUT2D eigenvalue weighted by molar-refractivity contribution is 7.09. The Kier molecular flexibility index (Phi) is 6.79. The first kappa shape index (κ1) is 17.8. The number of thiazole rings is 1. The highest BCUT2D eigenvalue weighted by atomic mass is 32.1. The number of rotatable bonds is 8. The second-order valence-corrected chi connectivity index (χ2v) is 6.75. The molecule has 1 amide bonds. The molecule has 1 aliphatic heterocycles. The average Bonchev–Trinajstić information content (AvgIpc) is 3.09. The van der Waals surface area contributed by atoms with Gasteiger partial charge < -0.3 is 14.8 Å². The number of carbonyl (C=O) groups is 1. The van der Waals surface area contributed by atoms with Crippen LogP contribution in [0.15, 0.2) is 35.7 Å². The molecule has 1 saturated heterocycles. The van der Waals surface area contributed by atoms with E-state index in [4.69, 9.17) is 9.47 Å². The number of amides is 1. The van der Waals surface area contributed by atoms with Crippen LogP contribution in [0, 0.1) is 0 Å². The number of hydrogen-bond donors (Lipinski definition) is 1. The monoisotopic (exact) mass is 361 g/mol. The summed E-state index contributed by atoms with van der Waals surface area (Å²) in [5.41, 5.74) is 1.06. The summed E-state index contributed by atoms with van der Waals surface area (Å²) in [4.78, 5) is 18.8. The first-order valence-electron chi connectivity index (χ1n) is 8.47. The van der Waals surface area contributed by atoms with Gasteiger partial charge in [-0.1, -0.05) is 18.2 Å². The molecule has 6 nitrogen and oxygen atoms in total. The average molecular weight is 361 g/mol. The van der Waals surface area contributed by atoms with Crippen LogP contribution in [0.5, 0.6) is 5.75 Å². The van der Waals surface area contributed by atoms with Gasteiger partial charge in [0.2, 0.25) is 5.91 Å². The fourth-order valence-electron chi connectivity index (χ4n) is 2.53. The summed E-state index contributed by atoms with van der Waals surface area (Å²) in [6.07, 6.45) is 0.334. The lowest BCUT2D eigenvalue weighted by atomic mass is 10.3. The Morgan fingerprint density at radius 1 is 1.28 bits per heavy atom. The molecule has 0 saturated carbocycles. The van der Waals surface area contributed by atoms with E-state index in [1.54, 1.807) is 11.3 Å². The van der Waals surface area contributed by atoms with Crippen molar-refractivity contribution in [3.8, 4) is 5.75 Å². The minimum absolute atomic E-state index is 0.0270. The minimum Gasteiger partial charge on any atom is -0.493 e. The Balaban J connectivity index is 1.34. The smallest absolute Gasteiger partial charge is 0.223 e. The quantitative estimate of drug-likeness (QED) is 0.780. The molecule has 0 bridgehead atoms. The standard InChI is InChI=1S/C18H23N3O3S/c22-17(6-9-24-16-4-2-1-3-5-16)19-12-18-20-15(14-25-18)13-21-7-10-23-11-8-21/h1-5,14H,6-13H2,(H,19,22). The third kappa shape index (κ3) is 6.12. The number of carbonyl (C=O) groups excluding carboxylic acids is 1. The van der Waals surface area contributed by atoms with Crippen LogP contribution < -0.4 is 10.1 Å². The van der Waals surface area contributed by atoms with Gasteiger partial charge in [-0.15, -0.1) is 11.3 Å². The molecule has 134 valence electrons. The molecule has 1 aromatic carbocycles. The molecule has 0 radical (unpaired) electrons. The molecule has 1 aromatic heterocycles. The zero-order chi connectivity index (χ0) is 17.3. The van der Waals surface area contributed by atoms with Gasteiger partial charge in [0, 0.05) is 25.0 Å². The van der Waals surface area contributed by atoms with E-state index >= 15 is 0 Å². The summed E-state index contributed by atoms with van der Waals surface area (Å²) >= 11 is 1.59. The fourth-order valence-corrected chi connectivity index (χ4v) is 3.26. The fraction of sp³-hybridized carbons (Fsp3) is 0.444. The summed E-state index contributed by atoms with van der Waals surface area (Å²) in [5.74, 6) is 0.754. The van der Waals surface area contributed by atoms with E-state index in [9.17, 15) is 4.79 Å². The number of nitrogens with one attached hydrogen (secondary N) is 1. The van der Waals surface area contributed by atoms with Crippen LogP contribution in [0.3, 0.4) is 0 Å². The van der Waals surface area contributed by atoms with E-state index in [1.807, 2.05) is 30.3 Å². The van der Waals surface area contributed by atoms with Crippen LogP contribution in [0.2, 0.25) is 0 Å². The van der Waals surface area contributed by atoms with Gasteiger partial charge >= 0.3 is 0 Å². The maximum Gasteiger partial charge on any atom is 0.223 e. The Morgan fingerprint density at radius 3 is 2.88 bits per heavy atom. The molecule has 0 unspecified atom stereocenters. The predicted octanol–water partition coefficient (Wildman–Crippen LogP) is 2.06. The van der Waals surface area contributed by atoms with E-state index in [2.05, 4.69) is 20.6 Å². The van der Waals surface area contributed by atoms with Crippen molar-refractivity contribution in [1.82, 2.24) is 15.2 Å². The normalized spacial score (nSPS) is 15.0. The number of para-hydroxylation sites is 1. The van der Waals surface area contributed by atoms with Gasteiger partial charge in [0.15, 0.2) is 0 Å². The summed E-state index contributed by atoms with van der Waals surface area (Å²) in [7, 11) is 0. The van der Waals surface area contributed by atoms with Gasteiger partial charge in [0.1, 0.15) is 10.8 Å². The van der Waals surface area contributed by atoms with Gasteiger partial charge in [-0.05, 0) is 12.1 Å². The summed E-state index contributed by atoms with van der Waals surface area (Å²) < 4.78 is 10.9. The van der Waals surface area contributed by atoms with Crippen molar-refractivity contribution in [2.24, 2.45) is 0 Å². The van der Waals surface area contributed by atoms with Crippen LogP contribution in [-0.2, 0) is 22.6 Å². The Bertz CT molecular complexity index is 657. The first-order chi connectivity index (χ1) is 12.3. The first-order valence-corrected chi connectivity index (χ1v) is 9.35. The van der Waals surface area contributed by atoms with E-state index < -0.39 is 0 Å². The number of morpholine rings is 1. The van der Waals surface area contributed by atoms with Crippen LogP contribution in [-0.4, -0.2) is 48.7 Å². The molecular formula is C18H23N3O3S. The Labute approximate surface area is 151 Å². The Morgan fingerprint density at radius 2 is 2.08 bits per heavy atom. The third-order valence-corrected chi connectivity index (χ3v) is 4.76. The number of benzene rings is 1. The number of ether oxygens (including phenoxy) is 2. The van der Waals surface area contributed by atoms with Crippen LogP contribution >= 0.6 is 11.3 Å². The van der Waals surface area contributed by atoms with Gasteiger partial charge in [0.05, 0.1) is 38.5 Å². The summed E-state index contributed by atoms with van der Waals surface area (Å²) in [6, 6.07) is 9.51. The van der Waals surface area contributed by atoms with E-state index in [1.165, 1.54) is 0 Å². The molecule has 1 N–H and O–H groups in total. The van der Waals surface area contributed by atoms with Crippen molar-refractivity contribution in [3.05, 3.63) is 46.4 Å². The van der Waals surface area contributed by atoms with Gasteiger partial charge in [-0.2, -0.15) is 0 Å². The maximum atomic E-state index is 11.9. The lowest BCUT2D eigenvalue weighted by Crippen LogP contribution is -2.35. The largest absolute Gasteiger partial charge is 0.493 e. The molecule has 0 spiro atoms. The molecular weight excluding hydrogens is 338 g/mol. The predicted molar refractivity (Wildman–Crippen MR) is 96.6 cm³/mol. The van der Waals surface area contributed by atoms with Gasteiger partial charge in [-0.3, -0.25) is 9.69 Å². The van der Waals surface area contributed by atoms with Crippen LogP contribution in [0.25, 0.3) is 0 Å².